The van der Waals surface area contributed by atoms with Crippen LogP contribution in [0.4, 0.5) is 11.8 Å². The average molecular weight is 465 g/mol. The fourth-order valence-electron chi connectivity index (χ4n) is 5.21. The number of hydrogen-bond donors (Lipinski definition) is 1. The van der Waals surface area contributed by atoms with Gasteiger partial charge in [0.05, 0.1) is 5.92 Å². The number of nitrogens with zero attached hydrogens (tertiary/aromatic N) is 5. The molecule has 1 unspecified atom stereocenters. The number of aromatic nitrogens is 2. The van der Waals surface area contributed by atoms with Gasteiger partial charge in [0.1, 0.15) is 5.82 Å². The molecule has 2 fully saturated rings. The third-order valence-electron chi connectivity index (χ3n) is 7.16. The molecule has 1 amide bonds. The molecule has 0 bridgehead atoms. The van der Waals surface area contributed by atoms with Crippen molar-refractivity contribution >= 4 is 17.7 Å². The van der Waals surface area contributed by atoms with Crippen LogP contribution in [0, 0.1) is 12.8 Å². The number of rotatable bonds is 8. The lowest BCUT2D eigenvalue weighted by Gasteiger charge is -2.35. The molecule has 1 aromatic carbocycles. The van der Waals surface area contributed by atoms with Crippen molar-refractivity contribution in [2.45, 2.75) is 59.0 Å². The normalized spacial score (nSPS) is 19.7. The van der Waals surface area contributed by atoms with Crippen molar-refractivity contribution in [1.29, 1.82) is 0 Å². The Balaban J connectivity index is 1.34. The van der Waals surface area contributed by atoms with Crippen LogP contribution in [0.1, 0.15) is 50.8 Å². The second kappa shape index (κ2) is 11.6. The van der Waals surface area contributed by atoms with Crippen LogP contribution in [0.25, 0.3) is 0 Å². The van der Waals surface area contributed by atoms with Crippen LogP contribution in [0.3, 0.4) is 0 Å². The van der Waals surface area contributed by atoms with Crippen LogP contribution < -0.4 is 10.2 Å². The molecule has 0 radical (unpaired) electrons. The second-order valence-corrected chi connectivity index (χ2v) is 9.67. The summed E-state index contributed by atoms with van der Waals surface area (Å²) in [4.78, 5) is 29.2. The molecule has 184 valence electrons. The minimum Gasteiger partial charge on any atom is -0.367 e. The Bertz CT molecular complexity index is 924. The number of nitrogens with one attached hydrogen (secondary N) is 1. The van der Waals surface area contributed by atoms with E-state index in [0.717, 1.165) is 82.4 Å². The fraction of sp³-hybridized carbons (Fsp3) is 0.593. The fourth-order valence-corrected chi connectivity index (χ4v) is 5.21. The molecule has 0 aliphatic carbocycles. The Hall–Kier alpha value is -2.67. The van der Waals surface area contributed by atoms with Crippen LogP contribution in [-0.4, -0.2) is 71.0 Å². The minimum atomic E-state index is 0.0307. The van der Waals surface area contributed by atoms with Crippen LogP contribution in [0.2, 0.25) is 0 Å². The minimum absolute atomic E-state index is 0.0307. The number of likely N-dealkylation sites (tertiary alicyclic amines) is 1. The maximum absolute atomic E-state index is 12.9. The van der Waals surface area contributed by atoms with Crippen molar-refractivity contribution in [2.24, 2.45) is 5.92 Å². The molecular formula is C27H40N6O. The number of hydrogen-bond acceptors (Lipinski definition) is 6. The van der Waals surface area contributed by atoms with Crippen molar-refractivity contribution < 1.29 is 4.79 Å². The van der Waals surface area contributed by atoms with E-state index in [1.165, 1.54) is 5.56 Å². The van der Waals surface area contributed by atoms with Gasteiger partial charge in [-0.05, 0) is 52.0 Å². The second-order valence-electron chi connectivity index (χ2n) is 9.67. The first kappa shape index (κ1) is 24.5. The highest BCUT2D eigenvalue weighted by atomic mass is 16.2. The number of carbonyl (C=O) groups excluding carboxylic acids is 1. The van der Waals surface area contributed by atoms with E-state index in [2.05, 4.69) is 59.3 Å². The summed E-state index contributed by atoms with van der Waals surface area (Å²) in [7, 11) is 0. The predicted molar refractivity (Wildman–Crippen MR) is 138 cm³/mol. The van der Waals surface area contributed by atoms with Gasteiger partial charge in [0.25, 0.3) is 0 Å². The van der Waals surface area contributed by atoms with Gasteiger partial charge in [-0.1, -0.05) is 30.3 Å². The molecule has 34 heavy (non-hydrogen) atoms. The van der Waals surface area contributed by atoms with Gasteiger partial charge in [-0.25, -0.2) is 4.98 Å². The summed E-state index contributed by atoms with van der Waals surface area (Å²) in [5, 5.41) is 3.68. The van der Waals surface area contributed by atoms with Gasteiger partial charge >= 0.3 is 0 Å². The van der Waals surface area contributed by atoms with E-state index in [-0.39, 0.29) is 11.8 Å². The molecule has 2 aliphatic rings. The zero-order chi connectivity index (χ0) is 23.9. The highest BCUT2D eigenvalue weighted by Crippen LogP contribution is 2.25. The smallest absolute Gasteiger partial charge is 0.227 e. The van der Waals surface area contributed by atoms with E-state index >= 15 is 0 Å². The van der Waals surface area contributed by atoms with E-state index in [1.54, 1.807) is 0 Å². The molecule has 1 atom stereocenters. The summed E-state index contributed by atoms with van der Waals surface area (Å²) in [6.45, 7) is 12.5. The Morgan fingerprint density at radius 3 is 2.50 bits per heavy atom. The molecule has 0 saturated carbocycles. The molecule has 7 heteroatoms. The lowest BCUT2D eigenvalue weighted by Crippen LogP contribution is -2.45. The summed E-state index contributed by atoms with van der Waals surface area (Å²) in [6.07, 6.45) is 4.16. The Kier molecular flexibility index (Phi) is 8.38. The first-order valence-electron chi connectivity index (χ1n) is 13.0. The third-order valence-corrected chi connectivity index (χ3v) is 7.16. The Labute approximate surface area is 204 Å². The van der Waals surface area contributed by atoms with E-state index < -0.39 is 0 Å². The monoisotopic (exact) mass is 464 g/mol. The van der Waals surface area contributed by atoms with Crippen molar-refractivity contribution in [2.75, 3.05) is 49.5 Å². The highest BCUT2D eigenvalue weighted by molar-refractivity contribution is 5.79. The summed E-state index contributed by atoms with van der Waals surface area (Å²) in [5.41, 5.74) is 2.34. The number of benzene rings is 1. The quantitative estimate of drug-likeness (QED) is 0.638. The Morgan fingerprint density at radius 2 is 1.79 bits per heavy atom. The van der Waals surface area contributed by atoms with E-state index in [1.807, 2.05) is 17.9 Å². The first-order chi connectivity index (χ1) is 16.6. The van der Waals surface area contributed by atoms with Crippen LogP contribution in [0.15, 0.2) is 36.4 Å². The number of carbonyl (C=O) groups is 1. The molecule has 3 heterocycles. The zero-order valence-corrected chi connectivity index (χ0v) is 21.0. The molecule has 1 aromatic heterocycles. The molecule has 2 aromatic rings. The highest BCUT2D eigenvalue weighted by Gasteiger charge is 2.30. The molecular weight excluding hydrogens is 424 g/mol. The van der Waals surface area contributed by atoms with E-state index in [4.69, 9.17) is 9.97 Å². The topological polar surface area (TPSA) is 64.6 Å². The number of piperidine rings is 2. The molecule has 1 N–H and O–H groups in total. The first-order valence-corrected chi connectivity index (χ1v) is 13.0. The Morgan fingerprint density at radius 1 is 1.06 bits per heavy atom. The summed E-state index contributed by atoms with van der Waals surface area (Å²) >= 11 is 0. The number of aryl methyl sites for hydroxylation is 1. The van der Waals surface area contributed by atoms with Gasteiger partial charge in [0.15, 0.2) is 0 Å². The van der Waals surface area contributed by atoms with Crippen molar-refractivity contribution in [3.05, 3.63) is 47.7 Å². The van der Waals surface area contributed by atoms with Crippen molar-refractivity contribution in [3.63, 3.8) is 0 Å². The standard InChI is InChI=1S/C27H40N6O/c1-4-32(5-2)26(34)23-12-9-15-33(20-23)27-28-21(3)18-25(30-27)29-24-13-16-31(17-14-24)19-22-10-7-6-8-11-22/h6-8,10-11,18,23-24H,4-5,9,12-17,19-20H2,1-3H3,(H,28,29,30). The van der Waals surface area contributed by atoms with Crippen LogP contribution >= 0.6 is 0 Å². The molecule has 2 aliphatic heterocycles. The van der Waals surface area contributed by atoms with E-state index in [9.17, 15) is 4.79 Å². The SMILES string of the molecule is CCN(CC)C(=O)C1CCCN(c2nc(C)cc(NC3CCN(Cc4ccccc4)CC3)n2)C1. The average Bonchev–Trinajstić information content (AvgIpc) is 2.86. The summed E-state index contributed by atoms with van der Waals surface area (Å²) < 4.78 is 0. The molecule has 4 rings (SSSR count). The molecule has 2 saturated heterocycles. The van der Waals surface area contributed by atoms with Gasteiger partial charge in [0, 0.05) is 63.6 Å². The van der Waals surface area contributed by atoms with Crippen molar-refractivity contribution in [1.82, 2.24) is 19.8 Å². The molecule has 7 nitrogen and oxygen atoms in total. The zero-order valence-electron chi connectivity index (χ0n) is 21.0. The number of amides is 1. The van der Waals surface area contributed by atoms with Crippen molar-refractivity contribution in [3.8, 4) is 0 Å². The summed E-state index contributed by atoms with van der Waals surface area (Å²) in [5.74, 6) is 1.95. The largest absolute Gasteiger partial charge is 0.367 e. The number of anilines is 2. The maximum Gasteiger partial charge on any atom is 0.227 e. The van der Waals surface area contributed by atoms with Crippen LogP contribution in [0.5, 0.6) is 0 Å². The van der Waals surface area contributed by atoms with Gasteiger partial charge < -0.3 is 15.1 Å². The lowest BCUT2D eigenvalue weighted by molar-refractivity contribution is -0.135. The van der Waals surface area contributed by atoms with Gasteiger partial charge in [0.2, 0.25) is 11.9 Å². The maximum atomic E-state index is 12.9. The summed E-state index contributed by atoms with van der Waals surface area (Å²) in [6, 6.07) is 13.2. The third kappa shape index (κ3) is 6.26. The van der Waals surface area contributed by atoms with Gasteiger partial charge in [-0.15, -0.1) is 0 Å². The van der Waals surface area contributed by atoms with Gasteiger partial charge in [-0.3, -0.25) is 9.69 Å². The lowest BCUT2D eigenvalue weighted by atomic mass is 9.96. The van der Waals surface area contributed by atoms with Crippen LogP contribution in [-0.2, 0) is 11.3 Å². The van der Waals surface area contributed by atoms with Gasteiger partial charge in [-0.2, -0.15) is 4.98 Å². The predicted octanol–water partition coefficient (Wildman–Crippen LogP) is 3.95. The van der Waals surface area contributed by atoms with E-state index in [0.29, 0.717) is 12.6 Å². The molecule has 0 spiro atoms.